The number of hydrogen-bond donors (Lipinski definition) is 0. The van der Waals surface area contributed by atoms with Crippen LogP contribution in [0.25, 0.3) is 0 Å². The van der Waals surface area contributed by atoms with Crippen LogP contribution in [0.2, 0.25) is 0 Å². The van der Waals surface area contributed by atoms with Crippen LogP contribution in [0.5, 0.6) is 0 Å². The molecular formula is C12H15N. The largest absolute Gasteiger partial charge is 0.198 e. The quantitative estimate of drug-likeness (QED) is 0.687. The van der Waals surface area contributed by atoms with E-state index in [4.69, 9.17) is 5.26 Å². The van der Waals surface area contributed by atoms with Gasteiger partial charge in [-0.05, 0) is 17.4 Å². The smallest absolute Gasteiger partial charge is 0.0628 e. The van der Waals surface area contributed by atoms with Gasteiger partial charge in [0.1, 0.15) is 0 Å². The van der Waals surface area contributed by atoms with Crippen LogP contribution in [0.1, 0.15) is 31.7 Å². The fourth-order valence-corrected chi connectivity index (χ4v) is 1.54. The first-order valence-corrected chi connectivity index (χ1v) is 4.67. The summed E-state index contributed by atoms with van der Waals surface area (Å²) < 4.78 is 0. The highest BCUT2D eigenvalue weighted by Crippen LogP contribution is 2.26. The first-order chi connectivity index (χ1) is 6.25. The van der Waals surface area contributed by atoms with Gasteiger partial charge in [0.2, 0.25) is 0 Å². The minimum absolute atomic E-state index is 0.381. The summed E-state index contributed by atoms with van der Waals surface area (Å²) in [4.78, 5) is 0. The van der Waals surface area contributed by atoms with Gasteiger partial charge in [0.15, 0.2) is 0 Å². The van der Waals surface area contributed by atoms with E-state index in [1.54, 1.807) is 0 Å². The summed E-state index contributed by atoms with van der Waals surface area (Å²) in [7, 11) is 0. The van der Waals surface area contributed by atoms with E-state index in [1.165, 1.54) is 5.56 Å². The number of nitriles is 1. The Hall–Kier alpha value is -1.29. The Kier molecular flexibility index (Phi) is 3.52. The summed E-state index contributed by atoms with van der Waals surface area (Å²) >= 11 is 0. The molecule has 0 fully saturated rings. The number of rotatable bonds is 3. The van der Waals surface area contributed by atoms with E-state index >= 15 is 0 Å². The van der Waals surface area contributed by atoms with Gasteiger partial charge in [-0.2, -0.15) is 5.26 Å². The molecule has 1 unspecified atom stereocenters. The molecule has 0 radical (unpaired) electrons. The molecule has 1 nitrogen and oxygen atoms in total. The van der Waals surface area contributed by atoms with Gasteiger partial charge in [-0.1, -0.05) is 44.2 Å². The second-order valence-electron chi connectivity index (χ2n) is 3.62. The lowest BCUT2D eigenvalue weighted by molar-refractivity contribution is 0.506. The highest BCUT2D eigenvalue weighted by atomic mass is 14.3. The Morgan fingerprint density at radius 1 is 1.23 bits per heavy atom. The Morgan fingerprint density at radius 3 is 2.31 bits per heavy atom. The van der Waals surface area contributed by atoms with Gasteiger partial charge in [0, 0.05) is 6.42 Å². The Labute approximate surface area is 80.0 Å². The maximum absolute atomic E-state index is 8.70. The molecule has 0 spiro atoms. The zero-order valence-corrected chi connectivity index (χ0v) is 8.20. The van der Waals surface area contributed by atoms with Crippen LogP contribution in [0, 0.1) is 17.2 Å². The van der Waals surface area contributed by atoms with E-state index < -0.39 is 0 Å². The van der Waals surface area contributed by atoms with Crippen LogP contribution >= 0.6 is 0 Å². The minimum atomic E-state index is 0.381. The van der Waals surface area contributed by atoms with Gasteiger partial charge in [-0.15, -0.1) is 0 Å². The molecule has 0 aliphatic heterocycles. The molecule has 0 amide bonds. The molecule has 0 bridgehead atoms. The molecule has 1 atom stereocenters. The van der Waals surface area contributed by atoms with Crippen LogP contribution in [-0.4, -0.2) is 0 Å². The summed E-state index contributed by atoms with van der Waals surface area (Å²) in [5.41, 5.74) is 1.28. The van der Waals surface area contributed by atoms with Crippen molar-refractivity contribution in [3.63, 3.8) is 0 Å². The molecule has 0 saturated heterocycles. The fourth-order valence-electron chi connectivity index (χ4n) is 1.54. The van der Waals surface area contributed by atoms with Crippen LogP contribution in [0.4, 0.5) is 0 Å². The summed E-state index contributed by atoms with van der Waals surface area (Å²) in [6.45, 7) is 4.32. The van der Waals surface area contributed by atoms with Crippen molar-refractivity contribution in [2.45, 2.75) is 26.2 Å². The van der Waals surface area contributed by atoms with Crippen molar-refractivity contribution >= 4 is 0 Å². The van der Waals surface area contributed by atoms with Crippen molar-refractivity contribution in [3.05, 3.63) is 35.9 Å². The molecule has 0 saturated carbocycles. The average Bonchev–Trinajstić information content (AvgIpc) is 2.15. The Bertz CT molecular complexity index is 282. The monoisotopic (exact) mass is 173 g/mol. The van der Waals surface area contributed by atoms with Crippen molar-refractivity contribution in [2.75, 3.05) is 0 Å². The third kappa shape index (κ3) is 2.59. The molecule has 1 aromatic rings. The molecule has 68 valence electrons. The summed E-state index contributed by atoms with van der Waals surface area (Å²) in [5.74, 6) is 0.910. The van der Waals surface area contributed by atoms with Gasteiger partial charge in [0.25, 0.3) is 0 Å². The molecule has 0 aromatic heterocycles. The van der Waals surface area contributed by atoms with E-state index in [9.17, 15) is 0 Å². The third-order valence-electron chi connectivity index (χ3n) is 2.34. The predicted molar refractivity (Wildman–Crippen MR) is 54.3 cm³/mol. The normalized spacial score (nSPS) is 12.5. The van der Waals surface area contributed by atoms with Crippen LogP contribution in [0.15, 0.2) is 30.3 Å². The van der Waals surface area contributed by atoms with E-state index in [-0.39, 0.29) is 0 Å². The molecule has 0 N–H and O–H groups in total. The second kappa shape index (κ2) is 4.67. The van der Waals surface area contributed by atoms with Gasteiger partial charge in [-0.25, -0.2) is 0 Å². The predicted octanol–water partition coefficient (Wildman–Crippen LogP) is 3.34. The zero-order valence-electron chi connectivity index (χ0n) is 8.20. The van der Waals surface area contributed by atoms with Crippen LogP contribution in [-0.2, 0) is 0 Å². The van der Waals surface area contributed by atoms with Crippen molar-refractivity contribution in [1.82, 2.24) is 0 Å². The van der Waals surface area contributed by atoms with Gasteiger partial charge < -0.3 is 0 Å². The Morgan fingerprint density at radius 2 is 1.85 bits per heavy atom. The molecule has 0 heterocycles. The lowest BCUT2D eigenvalue weighted by Crippen LogP contribution is -2.05. The van der Waals surface area contributed by atoms with E-state index in [0.29, 0.717) is 18.3 Å². The maximum Gasteiger partial charge on any atom is 0.0628 e. The summed E-state index contributed by atoms with van der Waals surface area (Å²) in [6, 6.07) is 12.5. The van der Waals surface area contributed by atoms with E-state index in [0.717, 1.165) is 0 Å². The lowest BCUT2D eigenvalue weighted by atomic mass is 9.86. The minimum Gasteiger partial charge on any atom is -0.198 e. The molecule has 1 aromatic carbocycles. The summed E-state index contributed by atoms with van der Waals surface area (Å²) in [5, 5.41) is 8.70. The molecule has 1 rings (SSSR count). The van der Waals surface area contributed by atoms with Gasteiger partial charge in [0.05, 0.1) is 6.07 Å². The molecule has 13 heavy (non-hydrogen) atoms. The maximum atomic E-state index is 8.70. The molecule has 0 aliphatic carbocycles. The van der Waals surface area contributed by atoms with Crippen LogP contribution < -0.4 is 0 Å². The highest BCUT2D eigenvalue weighted by Gasteiger charge is 2.14. The van der Waals surface area contributed by atoms with Crippen molar-refractivity contribution < 1.29 is 0 Å². The SMILES string of the molecule is CC(C)C(CC#N)c1ccccc1. The topological polar surface area (TPSA) is 23.8 Å². The molecule has 0 aliphatic rings. The van der Waals surface area contributed by atoms with Gasteiger partial charge in [-0.3, -0.25) is 0 Å². The standard InChI is InChI=1S/C12H15N/c1-10(2)12(8-9-13)11-6-4-3-5-7-11/h3-7,10,12H,8H2,1-2H3. The van der Waals surface area contributed by atoms with Gasteiger partial charge >= 0.3 is 0 Å². The number of benzene rings is 1. The van der Waals surface area contributed by atoms with Crippen molar-refractivity contribution in [1.29, 1.82) is 5.26 Å². The van der Waals surface area contributed by atoms with Crippen LogP contribution in [0.3, 0.4) is 0 Å². The number of nitrogens with zero attached hydrogens (tertiary/aromatic N) is 1. The fraction of sp³-hybridized carbons (Fsp3) is 0.417. The van der Waals surface area contributed by atoms with E-state index in [1.807, 2.05) is 18.2 Å². The lowest BCUT2D eigenvalue weighted by Gasteiger charge is -2.17. The molecule has 1 heteroatoms. The number of hydrogen-bond acceptors (Lipinski definition) is 1. The first kappa shape index (κ1) is 9.80. The highest BCUT2D eigenvalue weighted by molar-refractivity contribution is 5.21. The average molecular weight is 173 g/mol. The zero-order chi connectivity index (χ0) is 9.68. The van der Waals surface area contributed by atoms with E-state index in [2.05, 4.69) is 32.0 Å². The Balaban J connectivity index is 2.84. The van der Waals surface area contributed by atoms with Crippen molar-refractivity contribution in [2.24, 2.45) is 5.92 Å². The third-order valence-corrected chi connectivity index (χ3v) is 2.34. The second-order valence-corrected chi connectivity index (χ2v) is 3.62. The summed E-state index contributed by atoms with van der Waals surface area (Å²) in [6.07, 6.45) is 0.613. The first-order valence-electron chi connectivity index (χ1n) is 4.67. The van der Waals surface area contributed by atoms with Crippen molar-refractivity contribution in [3.8, 4) is 6.07 Å². The molecular weight excluding hydrogens is 158 g/mol.